The number of imidazole rings is 1. The molecule has 0 saturated heterocycles. The van der Waals surface area contributed by atoms with E-state index in [0.717, 1.165) is 11.8 Å². The summed E-state index contributed by atoms with van der Waals surface area (Å²) in [6.07, 6.45) is 6.94. The molecule has 0 aliphatic carbocycles. The molecule has 0 atom stereocenters. The molecule has 0 unspecified atom stereocenters. The zero-order valence-electron chi connectivity index (χ0n) is 7.93. The molecule has 0 aliphatic heterocycles. The molecule has 5 nitrogen and oxygen atoms in total. The molecule has 0 spiro atoms. The normalized spacial score (nSPS) is 11.5. The van der Waals surface area contributed by atoms with Gasteiger partial charge in [-0.25, -0.2) is 13.4 Å². The Hall–Kier alpha value is -1.69. The molecule has 15 heavy (non-hydrogen) atoms. The molecular formula is C9H8N3O2S. The van der Waals surface area contributed by atoms with Gasteiger partial charge in [-0.15, -0.1) is 0 Å². The Labute approximate surface area is 87.1 Å². The molecule has 77 valence electrons. The van der Waals surface area contributed by atoms with Crippen LogP contribution in [0.2, 0.25) is 0 Å². The highest BCUT2D eigenvalue weighted by Crippen LogP contribution is 2.15. The van der Waals surface area contributed by atoms with Crippen molar-refractivity contribution in [3.63, 3.8) is 0 Å². The van der Waals surface area contributed by atoms with Crippen LogP contribution in [0.4, 0.5) is 0 Å². The molecule has 6 heteroatoms. The molecule has 0 aromatic carbocycles. The summed E-state index contributed by atoms with van der Waals surface area (Å²) in [5.74, 6) is 0. The third-order valence-electron chi connectivity index (χ3n) is 1.80. The fourth-order valence-corrected chi connectivity index (χ4v) is 1.59. The van der Waals surface area contributed by atoms with Gasteiger partial charge < -0.3 is 4.98 Å². The van der Waals surface area contributed by atoms with Gasteiger partial charge in [0.2, 0.25) is 15.0 Å². The number of hydrogen-bond donors (Lipinski definition) is 1. The number of nitrogens with zero attached hydrogens (tertiary/aromatic N) is 2. The van der Waals surface area contributed by atoms with Crippen LogP contribution in [0.15, 0.2) is 29.7 Å². The van der Waals surface area contributed by atoms with Gasteiger partial charge in [-0.1, -0.05) is 0 Å². The van der Waals surface area contributed by atoms with Crippen LogP contribution in [0.5, 0.6) is 0 Å². The summed E-state index contributed by atoms with van der Waals surface area (Å²) in [7, 11) is -3.31. The summed E-state index contributed by atoms with van der Waals surface area (Å²) in [5, 5.41) is -0.0821. The first kappa shape index (κ1) is 9.85. The van der Waals surface area contributed by atoms with E-state index >= 15 is 0 Å². The monoisotopic (exact) mass is 222 g/mol. The van der Waals surface area contributed by atoms with Gasteiger partial charge in [0, 0.05) is 24.2 Å². The van der Waals surface area contributed by atoms with Gasteiger partial charge in [0.15, 0.2) is 0 Å². The van der Waals surface area contributed by atoms with Crippen molar-refractivity contribution in [2.45, 2.75) is 5.16 Å². The van der Waals surface area contributed by atoms with Gasteiger partial charge >= 0.3 is 0 Å². The smallest absolute Gasteiger partial charge is 0.225 e. The van der Waals surface area contributed by atoms with E-state index in [4.69, 9.17) is 0 Å². The molecule has 2 heterocycles. The van der Waals surface area contributed by atoms with Crippen molar-refractivity contribution in [1.82, 2.24) is 15.0 Å². The minimum absolute atomic E-state index is 0.0821. The van der Waals surface area contributed by atoms with E-state index in [1.54, 1.807) is 24.5 Å². The molecule has 0 amide bonds. The average molecular weight is 222 g/mol. The van der Waals surface area contributed by atoms with Gasteiger partial charge in [0.05, 0.1) is 5.69 Å². The second-order valence-corrected chi connectivity index (χ2v) is 4.97. The topological polar surface area (TPSA) is 75.7 Å². The Morgan fingerprint density at radius 3 is 2.80 bits per heavy atom. The predicted octanol–water partition coefficient (Wildman–Crippen LogP) is 0.675. The molecule has 0 aliphatic rings. The van der Waals surface area contributed by atoms with Crippen molar-refractivity contribution in [1.29, 1.82) is 0 Å². The SMILES string of the molecule is CS(=O)(=O)c1n[c]c(-c2cccnc2)[nH]1. The van der Waals surface area contributed by atoms with Gasteiger partial charge in [-0.2, -0.15) is 0 Å². The number of rotatable bonds is 2. The van der Waals surface area contributed by atoms with Crippen molar-refractivity contribution in [2.75, 3.05) is 6.26 Å². The lowest BCUT2D eigenvalue weighted by Gasteiger charge is -1.94. The van der Waals surface area contributed by atoms with Gasteiger partial charge in [-0.3, -0.25) is 4.98 Å². The van der Waals surface area contributed by atoms with Crippen molar-refractivity contribution in [3.05, 3.63) is 30.7 Å². The van der Waals surface area contributed by atoms with Gasteiger partial charge in [0.1, 0.15) is 6.20 Å². The molecule has 2 aromatic rings. The Balaban J connectivity index is 2.46. The number of aromatic amines is 1. The second-order valence-electron chi connectivity index (χ2n) is 3.04. The summed E-state index contributed by atoms with van der Waals surface area (Å²) >= 11 is 0. The predicted molar refractivity (Wildman–Crippen MR) is 53.8 cm³/mol. The Morgan fingerprint density at radius 2 is 2.27 bits per heavy atom. The zero-order valence-corrected chi connectivity index (χ0v) is 8.75. The third kappa shape index (κ3) is 2.04. The van der Waals surface area contributed by atoms with Crippen molar-refractivity contribution < 1.29 is 8.42 Å². The highest BCUT2D eigenvalue weighted by atomic mass is 32.2. The van der Waals surface area contributed by atoms with Crippen LogP contribution < -0.4 is 0 Å². The number of H-pyrrole nitrogens is 1. The lowest BCUT2D eigenvalue weighted by Crippen LogP contribution is -1.99. The van der Waals surface area contributed by atoms with Crippen LogP contribution in [-0.2, 0) is 9.84 Å². The largest absolute Gasteiger partial charge is 0.328 e. The molecule has 1 radical (unpaired) electrons. The van der Waals surface area contributed by atoms with Crippen molar-refractivity contribution >= 4 is 9.84 Å². The summed E-state index contributed by atoms with van der Waals surface area (Å²) in [6.45, 7) is 0. The Kier molecular flexibility index (Phi) is 2.28. The summed E-state index contributed by atoms with van der Waals surface area (Å²) in [4.78, 5) is 10.3. The van der Waals surface area contributed by atoms with E-state index in [1.807, 2.05) is 0 Å². The molecule has 0 saturated carbocycles. The van der Waals surface area contributed by atoms with Crippen LogP contribution >= 0.6 is 0 Å². The van der Waals surface area contributed by atoms with Crippen LogP contribution in [0.3, 0.4) is 0 Å². The maximum Gasteiger partial charge on any atom is 0.225 e. The van der Waals surface area contributed by atoms with E-state index in [9.17, 15) is 8.42 Å². The average Bonchev–Trinajstić information content (AvgIpc) is 2.67. The van der Waals surface area contributed by atoms with E-state index in [1.165, 1.54) is 0 Å². The number of aromatic nitrogens is 3. The van der Waals surface area contributed by atoms with E-state index in [0.29, 0.717) is 5.69 Å². The van der Waals surface area contributed by atoms with E-state index in [-0.39, 0.29) is 5.16 Å². The summed E-state index contributed by atoms with van der Waals surface area (Å²) in [5.41, 5.74) is 1.27. The minimum Gasteiger partial charge on any atom is -0.328 e. The fourth-order valence-electron chi connectivity index (χ4n) is 1.09. The van der Waals surface area contributed by atoms with Gasteiger partial charge in [-0.05, 0) is 12.1 Å². The Bertz CT molecular complexity index is 560. The zero-order chi connectivity index (χ0) is 10.9. The van der Waals surface area contributed by atoms with Crippen LogP contribution in [0, 0.1) is 6.20 Å². The standard InChI is InChI=1S/C9H8N3O2S/c1-15(13,14)9-11-6-8(12-9)7-3-2-4-10-5-7/h2-5H,1H3,(H,11,12). The first-order chi connectivity index (χ1) is 7.07. The number of hydrogen-bond acceptors (Lipinski definition) is 4. The van der Waals surface area contributed by atoms with Crippen LogP contribution in [0.25, 0.3) is 11.3 Å². The summed E-state index contributed by atoms with van der Waals surface area (Å²) in [6, 6.07) is 3.55. The number of sulfone groups is 1. The van der Waals surface area contributed by atoms with Crippen LogP contribution in [0.1, 0.15) is 0 Å². The first-order valence-electron chi connectivity index (χ1n) is 4.15. The Morgan fingerprint density at radius 1 is 1.47 bits per heavy atom. The van der Waals surface area contributed by atoms with Gasteiger partial charge in [0.25, 0.3) is 0 Å². The van der Waals surface area contributed by atoms with Crippen LogP contribution in [-0.4, -0.2) is 29.6 Å². The fraction of sp³-hybridized carbons (Fsp3) is 0.111. The van der Waals surface area contributed by atoms with E-state index in [2.05, 4.69) is 21.1 Å². The maximum absolute atomic E-state index is 11.1. The molecule has 2 rings (SSSR count). The quantitative estimate of drug-likeness (QED) is 0.810. The maximum atomic E-state index is 11.1. The van der Waals surface area contributed by atoms with E-state index < -0.39 is 9.84 Å². The number of nitrogens with one attached hydrogen (secondary N) is 1. The summed E-state index contributed by atoms with van der Waals surface area (Å²) < 4.78 is 22.3. The minimum atomic E-state index is -3.31. The third-order valence-corrected chi connectivity index (χ3v) is 2.70. The first-order valence-corrected chi connectivity index (χ1v) is 6.04. The molecule has 2 aromatic heterocycles. The lowest BCUT2D eigenvalue weighted by atomic mass is 10.2. The molecule has 0 bridgehead atoms. The molecule has 0 fully saturated rings. The highest BCUT2D eigenvalue weighted by Gasteiger charge is 2.12. The highest BCUT2D eigenvalue weighted by molar-refractivity contribution is 7.90. The lowest BCUT2D eigenvalue weighted by molar-refractivity contribution is 0.595. The molecular weight excluding hydrogens is 214 g/mol. The second kappa shape index (κ2) is 3.47. The van der Waals surface area contributed by atoms with Crippen molar-refractivity contribution in [3.8, 4) is 11.3 Å². The van der Waals surface area contributed by atoms with Crippen molar-refractivity contribution in [2.24, 2.45) is 0 Å². The molecule has 1 N–H and O–H groups in total. The number of pyridine rings is 1.